The first-order valence-corrected chi connectivity index (χ1v) is 7.21. The highest BCUT2D eigenvalue weighted by Gasteiger charge is 2.19. The van der Waals surface area contributed by atoms with Crippen molar-refractivity contribution in [2.24, 2.45) is 5.41 Å². The number of benzene rings is 1. The molecule has 0 amide bonds. The fourth-order valence-corrected chi connectivity index (χ4v) is 2.75. The van der Waals surface area contributed by atoms with Gasteiger partial charge in [-0.15, -0.1) is 0 Å². The van der Waals surface area contributed by atoms with Crippen molar-refractivity contribution in [3.8, 4) is 6.07 Å². The van der Waals surface area contributed by atoms with E-state index in [2.05, 4.69) is 4.72 Å². The quantitative estimate of drug-likeness (QED) is 0.928. The summed E-state index contributed by atoms with van der Waals surface area (Å²) >= 11 is 5.81. The Labute approximate surface area is 113 Å². The van der Waals surface area contributed by atoms with Crippen LogP contribution in [-0.2, 0) is 10.0 Å². The third-order valence-corrected chi connectivity index (χ3v) is 3.88. The molecule has 98 valence electrons. The van der Waals surface area contributed by atoms with Crippen molar-refractivity contribution in [3.05, 3.63) is 28.8 Å². The Morgan fingerprint density at radius 2 is 2.00 bits per heavy atom. The molecule has 0 aliphatic heterocycles. The Kier molecular flexibility index (Phi) is 4.38. The van der Waals surface area contributed by atoms with Crippen LogP contribution >= 0.6 is 11.6 Å². The maximum atomic E-state index is 12.0. The van der Waals surface area contributed by atoms with Gasteiger partial charge in [0.25, 0.3) is 0 Å². The number of sulfonamides is 1. The molecule has 18 heavy (non-hydrogen) atoms. The highest BCUT2D eigenvalue weighted by molar-refractivity contribution is 7.89. The van der Waals surface area contributed by atoms with Gasteiger partial charge in [-0.05, 0) is 23.6 Å². The fraction of sp³-hybridized carbons (Fsp3) is 0.417. The predicted molar refractivity (Wildman–Crippen MR) is 70.8 cm³/mol. The molecule has 0 saturated heterocycles. The van der Waals surface area contributed by atoms with E-state index in [4.69, 9.17) is 16.9 Å². The topological polar surface area (TPSA) is 70.0 Å². The molecule has 0 spiro atoms. The molecular formula is C12H15ClN2O2S. The molecule has 1 N–H and O–H groups in total. The van der Waals surface area contributed by atoms with Crippen molar-refractivity contribution in [1.82, 2.24) is 4.72 Å². The van der Waals surface area contributed by atoms with Gasteiger partial charge in [-0.1, -0.05) is 32.4 Å². The monoisotopic (exact) mass is 286 g/mol. The molecule has 0 fully saturated rings. The largest absolute Gasteiger partial charge is 0.240 e. The van der Waals surface area contributed by atoms with Crippen molar-refractivity contribution in [2.75, 3.05) is 6.54 Å². The molecule has 4 nitrogen and oxygen atoms in total. The minimum absolute atomic E-state index is 0.0655. The number of nitrogens with zero attached hydrogens (tertiary/aromatic N) is 1. The molecule has 1 aromatic carbocycles. The van der Waals surface area contributed by atoms with Crippen molar-refractivity contribution in [1.29, 1.82) is 5.26 Å². The standard InChI is InChI=1S/C12H15ClN2O2S/c1-12(2,3)8-15-18(16,17)10-5-4-9(7-14)11(13)6-10/h4-6,15H,8H2,1-3H3. The number of nitriles is 1. The second-order valence-electron chi connectivity index (χ2n) is 5.14. The van der Waals surface area contributed by atoms with E-state index in [1.165, 1.54) is 18.2 Å². The van der Waals surface area contributed by atoms with Gasteiger partial charge in [0.2, 0.25) is 10.0 Å². The SMILES string of the molecule is CC(C)(C)CNS(=O)(=O)c1ccc(C#N)c(Cl)c1. The number of hydrogen-bond acceptors (Lipinski definition) is 3. The molecular weight excluding hydrogens is 272 g/mol. The molecule has 0 atom stereocenters. The summed E-state index contributed by atoms with van der Waals surface area (Å²) in [4.78, 5) is 0.0655. The number of hydrogen-bond donors (Lipinski definition) is 1. The number of nitrogens with one attached hydrogen (secondary N) is 1. The summed E-state index contributed by atoms with van der Waals surface area (Å²) in [7, 11) is -3.58. The normalized spacial score (nSPS) is 12.2. The van der Waals surface area contributed by atoms with E-state index in [1.807, 2.05) is 26.8 Å². The van der Waals surface area contributed by atoms with E-state index < -0.39 is 10.0 Å². The van der Waals surface area contributed by atoms with Gasteiger partial charge >= 0.3 is 0 Å². The van der Waals surface area contributed by atoms with Crippen LogP contribution in [0.5, 0.6) is 0 Å². The van der Waals surface area contributed by atoms with Gasteiger partial charge in [-0.25, -0.2) is 13.1 Å². The lowest BCUT2D eigenvalue weighted by molar-refractivity contribution is 0.407. The zero-order valence-electron chi connectivity index (χ0n) is 10.5. The van der Waals surface area contributed by atoms with Crippen molar-refractivity contribution in [3.63, 3.8) is 0 Å². The van der Waals surface area contributed by atoms with E-state index in [0.29, 0.717) is 6.54 Å². The average molecular weight is 287 g/mol. The van der Waals surface area contributed by atoms with Crippen LogP contribution in [-0.4, -0.2) is 15.0 Å². The maximum absolute atomic E-state index is 12.0. The zero-order chi connectivity index (χ0) is 14.0. The van der Waals surface area contributed by atoms with Crippen LogP contribution in [0.4, 0.5) is 0 Å². The van der Waals surface area contributed by atoms with Gasteiger partial charge in [0.05, 0.1) is 15.5 Å². The van der Waals surface area contributed by atoms with Gasteiger partial charge in [0.15, 0.2) is 0 Å². The summed E-state index contributed by atoms with van der Waals surface area (Å²) in [5.74, 6) is 0. The van der Waals surface area contributed by atoms with Gasteiger partial charge in [-0.2, -0.15) is 5.26 Å². The molecule has 0 saturated carbocycles. The summed E-state index contributed by atoms with van der Waals surface area (Å²) in [6.07, 6.45) is 0. The Bertz CT molecular complexity index is 583. The minimum atomic E-state index is -3.58. The van der Waals surface area contributed by atoms with E-state index in [9.17, 15) is 8.42 Å². The summed E-state index contributed by atoms with van der Waals surface area (Å²) in [5.41, 5.74) is 0.107. The highest BCUT2D eigenvalue weighted by Crippen LogP contribution is 2.20. The van der Waals surface area contributed by atoms with Crippen molar-refractivity contribution >= 4 is 21.6 Å². The summed E-state index contributed by atoms with van der Waals surface area (Å²) in [5, 5.41) is 8.86. The van der Waals surface area contributed by atoms with Crippen LogP contribution in [0.2, 0.25) is 5.02 Å². The van der Waals surface area contributed by atoms with Crippen LogP contribution in [0.25, 0.3) is 0 Å². The van der Waals surface area contributed by atoms with E-state index >= 15 is 0 Å². The zero-order valence-corrected chi connectivity index (χ0v) is 12.1. The van der Waals surface area contributed by atoms with E-state index in [1.54, 1.807) is 0 Å². The maximum Gasteiger partial charge on any atom is 0.240 e. The number of rotatable bonds is 3. The van der Waals surface area contributed by atoms with Crippen LogP contribution in [0, 0.1) is 16.7 Å². The van der Waals surface area contributed by atoms with Crippen molar-refractivity contribution < 1.29 is 8.42 Å². The lowest BCUT2D eigenvalue weighted by Crippen LogP contribution is -2.32. The highest BCUT2D eigenvalue weighted by atomic mass is 35.5. The van der Waals surface area contributed by atoms with Gasteiger partial charge in [0, 0.05) is 6.54 Å². The Morgan fingerprint density at radius 1 is 1.39 bits per heavy atom. The molecule has 0 radical (unpaired) electrons. The Balaban J connectivity index is 3.00. The summed E-state index contributed by atoms with van der Waals surface area (Å²) in [6, 6.07) is 5.93. The van der Waals surface area contributed by atoms with Crippen LogP contribution in [0.15, 0.2) is 23.1 Å². The summed E-state index contributed by atoms with van der Waals surface area (Å²) in [6.45, 7) is 6.12. The predicted octanol–water partition coefficient (Wildman–Crippen LogP) is 2.54. The lowest BCUT2D eigenvalue weighted by Gasteiger charge is -2.18. The van der Waals surface area contributed by atoms with Crippen molar-refractivity contribution in [2.45, 2.75) is 25.7 Å². The van der Waals surface area contributed by atoms with E-state index in [-0.39, 0.29) is 20.9 Å². The molecule has 1 rings (SSSR count). The minimum Gasteiger partial charge on any atom is -0.211 e. The average Bonchev–Trinajstić information content (AvgIpc) is 2.25. The second-order valence-corrected chi connectivity index (χ2v) is 7.31. The Morgan fingerprint density at radius 3 is 2.44 bits per heavy atom. The molecule has 0 unspecified atom stereocenters. The molecule has 1 aromatic rings. The molecule has 0 aliphatic carbocycles. The fourth-order valence-electron chi connectivity index (χ4n) is 1.15. The second kappa shape index (κ2) is 5.27. The van der Waals surface area contributed by atoms with Crippen LogP contribution in [0.1, 0.15) is 26.3 Å². The first-order chi connectivity index (χ1) is 8.15. The Hall–Kier alpha value is -1.09. The van der Waals surface area contributed by atoms with E-state index in [0.717, 1.165) is 0 Å². The molecule has 0 heterocycles. The molecule has 0 aromatic heterocycles. The van der Waals surface area contributed by atoms with Gasteiger partial charge in [0.1, 0.15) is 6.07 Å². The van der Waals surface area contributed by atoms with Gasteiger partial charge < -0.3 is 0 Å². The first kappa shape index (κ1) is 15.0. The first-order valence-electron chi connectivity index (χ1n) is 5.35. The molecule has 0 aliphatic rings. The lowest BCUT2D eigenvalue weighted by atomic mass is 9.98. The molecule has 0 bridgehead atoms. The molecule has 6 heteroatoms. The van der Waals surface area contributed by atoms with Crippen LogP contribution < -0.4 is 4.72 Å². The van der Waals surface area contributed by atoms with Gasteiger partial charge in [-0.3, -0.25) is 0 Å². The third kappa shape index (κ3) is 3.98. The smallest absolute Gasteiger partial charge is 0.211 e. The summed E-state index contributed by atoms with van der Waals surface area (Å²) < 4.78 is 26.5. The number of halogens is 1. The third-order valence-electron chi connectivity index (χ3n) is 2.16. The van der Waals surface area contributed by atoms with Crippen LogP contribution in [0.3, 0.4) is 0 Å².